The highest BCUT2D eigenvalue weighted by atomic mass is 15.1. The Kier molecular flexibility index (Phi) is 4.12. The Morgan fingerprint density at radius 3 is 1.96 bits per heavy atom. The molecule has 0 atom stereocenters. The van der Waals surface area contributed by atoms with Crippen LogP contribution in [0.1, 0.15) is 41.5 Å². The van der Waals surface area contributed by atoms with Gasteiger partial charge in [0.2, 0.25) is 0 Å². The number of likely N-dealkylation sites (tertiary alicyclic amines) is 1. The molecule has 2 heteroatoms. The van der Waals surface area contributed by atoms with Crippen LogP contribution in [0.15, 0.2) is 48.5 Å². The maximum atomic E-state index is 10.4. The van der Waals surface area contributed by atoms with E-state index in [9.17, 15) is 5.26 Å². The van der Waals surface area contributed by atoms with E-state index in [1.54, 1.807) is 0 Å². The molecule has 0 saturated carbocycles. The van der Waals surface area contributed by atoms with Crippen molar-refractivity contribution in [3.8, 4) is 6.07 Å². The quantitative estimate of drug-likeness (QED) is 0.853. The Morgan fingerprint density at radius 1 is 0.875 bits per heavy atom. The number of aryl methyl sites for hydroxylation is 2. The third-order valence-corrected chi connectivity index (χ3v) is 5.81. The van der Waals surface area contributed by atoms with E-state index in [1.807, 2.05) is 0 Å². The minimum atomic E-state index is -0.508. The minimum Gasteiger partial charge on any atom is -0.303 e. The van der Waals surface area contributed by atoms with Crippen molar-refractivity contribution in [2.75, 3.05) is 19.6 Å². The van der Waals surface area contributed by atoms with Crippen molar-refractivity contribution >= 4 is 0 Å². The fourth-order valence-electron chi connectivity index (χ4n) is 4.50. The maximum absolute atomic E-state index is 10.4. The highest BCUT2D eigenvalue weighted by Crippen LogP contribution is 2.42. The summed E-state index contributed by atoms with van der Waals surface area (Å²) in [5.74, 6) is 0. The number of nitrogens with zero attached hydrogens (tertiary/aromatic N) is 2. The molecule has 2 nitrogen and oxygen atoms in total. The molecule has 1 heterocycles. The summed E-state index contributed by atoms with van der Waals surface area (Å²) in [6.07, 6.45) is 5.54. The molecule has 122 valence electrons. The summed E-state index contributed by atoms with van der Waals surface area (Å²) < 4.78 is 0. The van der Waals surface area contributed by atoms with Crippen LogP contribution in [0.3, 0.4) is 0 Å². The SMILES string of the molecule is N#CC1(CCN2CCCC2)c2ccccc2CCc2ccccc21. The topological polar surface area (TPSA) is 27.0 Å². The summed E-state index contributed by atoms with van der Waals surface area (Å²) in [6, 6.07) is 20.0. The van der Waals surface area contributed by atoms with Crippen LogP contribution in [0.2, 0.25) is 0 Å². The third-order valence-electron chi connectivity index (χ3n) is 5.81. The predicted molar refractivity (Wildman–Crippen MR) is 97.0 cm³/mol. The molecule has 2 aromatic rings. The second-order valence-electron chi connectivity index (χ2n) is 7.13. The highest BCUT2D eigenvalue weighted by Gasteiger charge is 2.39. The number of hydrogen-bond donors (Lipinski definition) is 0. The van der Waals surface area contributed by atoms with E-state index in [0.717, 1.165) is 25.8 Å². The van der Waals surface area contributed by atoms with Gasteiger partial charge < -0.3 is 4.90 Å². The van der Waals surface area contributed by atoms with Crippen molar-refractivity contribution < 1.29 is 0 Å². The van der Waals surface area contributed by atoms with Gasteiger partial charge in [0.05, 0.1) is 6.07 Å². The van der Waals surface area contributed by atoms with E-state index in [4.69, 9.17) is 0 Å². The van der Waals surface area contributed by atoms with Gasteiger partial charge in [0.1, 0.15) is 5.41 Å². The molecule has 0 bridgehead atoms. The largest absolute Gasteiger partial charge is 0.303 e. The van der Waals surface area contributed by atoms with Gasteiger partial charge in [-0.2, -0.15) is 5.26 Å². The fourth-order valence-corrected chi connectivity index (χ4v) is 4.50. The van der Waals surface area contributed by atoms with Crippen molar-refractivity contribution in [3.05, 3.63) is 70.8 Å². The second kappa shape index (κ2) is 6.42. The van der Waals surface area contributed by atoms with Gasteiger partial charge in [0, 0.05) is 6.54 Å². The molecular weight excluding hydrogens is 292 g/mol. The van der Waals surface area contributed by atoms with Crippen LogP contribution in [0, 0.1) is 11.3 Å². The van der Waals surface area contributed by atoms with Crippen molar-refractivity contribution in [1.82, 2.24) is 4.90 Å². The average molecular weight is 316 g/mol. The lowest BCUT2D eigenvalue weighted by Crippen LogP contribution is -2.33. The van der Waals surface area contributed by atoms with Crippen LogP contribution in [0.4, 0.5) is 0 Å². The zero-order valence-electron chi connectivity index (χ0n) is 14.2. The first kappa shape index (κ1) is 15.4. The zero-order chi connectivity index (χ0) is 16.4. The van der Waals surface area contributed by atoms with Crippen molar-refractivity contribution in [1.29, 1.82) is 5.26 Å². The van der Waals surface area contributed by atoms with Crippen molar-refractivity contribution in [2.45, 2.75) is 37.5 Å². The first-order chi connectivity index (χ1) is 11.8. The van der Waals surface area contributed by atoms with Crippen molar-refractivity contribution in [3.63, 3.8) is 0 Å². The molecule has 1 aliphatic heterocycles. The van der Waals surface area contributed by atoms with Crippen molar-refractivity contribution in [2.24, 2.45) is 0 Å². The first-order valence-electron chi connectivity index (χ1n) is 9.14. The number of fused-ring (bicyclic) bond motifs is 2. The number of benzene rings is 2. The second-order valence-corrected chi connectivity index (χ2v) is 7.13. The van der Waals surface area contributed by atoms with Gasteiger partial charge in [-0.05, 0) is 67.4 Å². The summed E-state index contributed by atoms with van der Waals surface area (Å²) in [7, 11) is 0. The standard InChI is InChI=1S/C22H24N2/c23-17-22(13-16-24-14-5-6-15-24)20-9-3-1-7-18(20)11-12-19-8-2-4-10-21(19)22/h1-4,7-10H,5-6,11-16H2. The van der Waals surface area contributed by atoms with Crippen LogP contribution in [0.5, 0.6) is 0 Å². The summed E-state index contributed by atoms with van der Waals surface area (Å²) in [5, 5.41) is 10.4. The smallest absolute Gasteiger partial charge is 0.109 e. The van der Waals surface area contributed by atoms with Crippen LogP contribution < -0.4 is 0 Å². The van der Waals surface area contributed by atoms with Gasteiger partial charge in [-0.3, -0.25) is 0 Å². The number of hydrogen-bond acceptors (Lipinski definition) is 2. The summed E-state index contributed by atoms with van der Waals surface area (Å²) in [6.45, 7) is 3.38. The summed E-state index contributed by atoms with van der Waals surface area (Å²) >= 11 is 0. The Bertz CT molecular complexity index is 718. The van der Waals surface area contributed by atoms with E-state index in [2.05, 4.69) is 59.5 Å². The Hall–Kier alpha value is -2.11. The molecule has 0 spiro atoms. The maximum Gasteiger partial charge on any atom is 0.109 e. The highest BCUT2D eigenvalue weighted by molar-refractivity contribution is 5.54. The molecule has 4 rings (SSSR count). The molecule has 0 N–H and O–H groups in total. The van der Waals surface area contributed by atoms with Gasteiger partial charge >= 0.3 is 0 Å². The Morgan fingerprint density at radius 2 is 1.42 bits per heavy atom. The van der Waals surface area contributed by atoms with Gasteiger partial charge in [-0.1, -0.05) is 48.5 Å². The molecule has 0 unspecified atom stereocenters. The van der Waals surface area contributed by atoms with E-state index in [1.165, 1.54) is 48.2 Å². The number of nitriles is 1. The van der Waals surface area contributed by atoms with Crippen LogP contribution in [-0.2, 0) is 18.3 Å². The third kappa shape index (κ3) is 2.54. The lowest BCUT2D eigenvalue weighted by molar-refractivity contribution is 0.315. The molecule has 0 amide bonds. The average Bonchev–Trinajstić information content (AvgIpc) is 3.11. The van der Waals surface area contributed by atoms with E-state index >= 15 is 0 Å². The van der Waals surface area contributed by atoms with Crippen LogP contribution in [-0.4, -0.2) is 24.5 Å². The van der Waals surface area contributed by atoms with E-state index in [0.29, 0.717) is 0 Å². The Labute approximate surface area is 144 Å². The molecule has 1 fully saturated rings. The predicted octanol–water partition coefficient (Wildman–Crippen LogP) is 4.08. The molecule has 1 aliphatic carbocycles. The molecule has 1 saturated heterocycles. The first-order valence-corrected chi connectivity index (χ1v) is 9.14. The molecule has 0 radical (unpaired) electrons. The lowest BCUT2D eigenvalue weighted by atomic mass is 9.71. The molecule has 2 aromatic carbocycles. The van der Waals surface area contributed by atoms with Gasteiger partial charge in [-0.25, -0.2) is 0 Å². The van der Waals surface area contributed by atoms with E-state index < -0.39 is 5.41 Å². The molecule has 24 heavy (non-hydrogen) atoms. The van der Waals surface area contributed by atoms with Crippen LogP contribution in [0.25, 0.3) is 0 Å². The normalized spacial score (nSPS) is 19.1. The zero-order valence-corrected chi connectivity index (χ0v) is 14.2. The lowest BCUT2D eigenvalue weighted by Gasteiger charge is -2.31. The summed E-state index contributed by atoms with van der Waals surface area (Å²) in [4.78, 5) is 2.52. The van der Waals surface area contributed by atoms with Crippen LogP contribution >= 0.6 is 0 Å². The minimum absolute atomic E-state index is 0.508. The molecule has 2 aliphatic rings. The van der Waals surface area contributed by atoms with E-state index in [-0.39, 0.29) is 0 Å². The molecule has 0 aromatic heterocycles. The van der Waals surface area contributed by atoms with Gasteiger partial charge in [0.15, 0.2) is 0 Å². The monoisotopic (exact) mass is 316 g/mol. The number of rotatable bonds is 3. The molecular formula is C22H24N2. The fraction of sp³-hybridized carbons (Fsp3) is 0.409. The summed E-state index contributed by atoms with van der Waals surface area (Å²) in [5.41, 5.74) is 4.65. The van der Waals surface area contributed by atoms with Gasteiger partial charge in [0.25, 0.3) is 0 Å². The van der Waals surface area contributed by atoms with Gasteiger partial charge in [-0.15, -0.1) is 0 Å². The Balaban J connectivity index is 1.82.